The van der Waals surface area contributed by atoms with Gasteiger partial charge in [-0.05, 0) is 25.3 Å². The maximum Gasteiger partial charge on any atom is 0.0474 e. The van der Waals surface area contributed by atoms with E-state index in [4.69, 9.17) is 4.74 Å². The third-order valence-corrected chi connectivity index (χ3v) is 3.57. The van der Waals surface area contributed by atoms with Crippen LogP contribution in [0.2, 0.25) is 0 Å². The number of methoxy groups -OCH3 is 1. The second-order valence-corrected chi connectivity index (χ2v) is 4.85. The van der Waals surface area contributed by atoms with Gasteiger partial charge in [0.15, 0.2) is 0 Å². The maximum absolute atomic E-state index is 5.08. The average Bonchev–Trinajstić information content (AvgIpc) is 2.61. The Morgan fingerprint density at radius 3 is 2.36 bits per heavy atom. The van der Waals surface area contributed by atoms with Crippen LogP contribution in [0.5, 0.6) is 0 Å². The largest absolute Gasteiger partial charge is 0.385 e. The van der Waals surface area contributed by atoms with Crippen molar-refractivity contribution in [3.05, 3.63) is 0 Å². The lowest BCUT2D eigenvalue weighted by Crippen LogP contribution is -2.28. The second-order valence-electron chi connectivity index (χ2n) is 4.85. The summed E-state index contributed by atoms with van der Waals surface area (Å²) in [5.74, 6) is 1.89. The van der Waals surface area contributed by atoms with E-state index in [0.29, 0.717) is 0 Å². The highest BCUT2D eigenvalue weighted by Gasteiger charge is 2.37. The molecule has 2 rings (SSSR count). The fourth-order valence-corrected chi connectivity index (χ4v) is 2.94. The molecule has 82 valence electrons. The van der Waals surface area contributed by atoms with Crippen molar-refractivity contribution in [3.8, 4) is 0 Å². The van der Waals surface area contributed by atoms with Gasteiger partial charge in [-0.25, -0.2) is 0 Å². The van der Waals surface area contributed by atoms with Crippen molar-refractivity contribution in [2.45, 2.75) is 6.42 Å². The molecule has 3 heteroatoms. The summed E-state index contributed by atoms with van der Waals surface area (Å²) in [5.41, 5.74) is 0. The molecule has 0 N–H and O–H groups in total. The Hall–Kier alpha value is -0.120. The number of hydrogen-bond acceptors (Lipinski definition) is 3. The number of rotatable bonds is 4. The summed E-state index contributed by atoms with van der Waals surface area (Å²) in [5, 5.41) is 0. The van der Waals surface area contributed by atoms with Gasteiger partial charge in [0.1, 0.15) is 0 Å². The molecule has 2 fully saturated rings. The maximum atomic E-state index is 5.08. The SMILES string of the molecule is COCCCN1CC2CN(C)CC2C1. The first kappa shape index (κ1) is 10.4. The van der Waals surface area contributed by atoms with E-state index in [0.717, 1.165) is 18.4 Å². The molecule has 0 spiro atoms. The third kappa shape index (κ3) is 2.27. The fourth-order valence-electron chi connectivity index (χ4n) is 2.94. The van der Waals surface area contributed by atoms with Crippen LogP contribution in [0.1, 0.15) is 6.42 Å². The quantitative estimate of drug-likeness (QED) is 0.612. The molecule has 14 heavy (non-hydrogen) atoms. The Morgan fingerprint density at radius 2 is 1.79 bits per heavy atom. The first-order valence-corrected chi connectivity index (χ1v) is 5.69. The summed E-state index contributed by atoms with van der Waals surface area (Å²) in [6.45, 7) is 7.39. The van der Waals surface area contributed by atoms with Crippen molar-refractivity contribution < 1.29 is 4.74 Å². The molecule has 2 atom stereocenters. The highest BCUT2D eigenvalue weighted by atomic mass is 16.5. The molecule has 0 radical (unpaired) electrons. The zero-order valence-corrected chi connectivity index (χ0v) is 9.41. The van der Waals surface area contributed by atoms with Gasteiger partial charge in [-0.3, -0.25) is 0 Å². The zero-order chi connectivity index (χ0) is 9.97. The highest BCUT2D eigenvalue weighted by molar-refractivity contribution is 4.91. The molecule has 0 aromatic rings. The van der Waals surface area contributed by atoms with Crippen molar-refractivity contribution in [3.63, 3.8) is 0 Å². The summed E-state index contributed by atoms with van der Waals surface area (Å²) in [4.78, 5) is 5.09. The fraction of sp³-hybridized carbons (Fsp3) is 1.00. The lowest BCUT2D eigenvalue weighted by Gasteiger charge is -2.18. The normalized spacial score (nSPS) is 33.9. The van der Waals surface area contributed by atoms with Crippen LogP contribution >= 0.6 is 0 Å². The van der Waals surface area contributed by atoms with Crippen LogP contribution in [0.15, 0.2) is 0 Å². The smallest absolute Gasteiger partial charge is 0.0474 e. The summed E-state index contributed by atoms with van der Waals surface area (Å²) < 4.78 is 5.08. The Morgan fingerprint density at radius 1 is 1.14 bits per heavy atom. The van der Waals surface area contributed by atoms with E-state index in [9.17, 15) is 0 Å². The van der Waals surface area contributed by atoms with Gasteiger partial charge in [0.2, 0.25) is 0 Å². The van der Waals surface area contributed by atoms with Crippen LogP contribution in [0.4, 0.5) is 0 Å². The van der Waals surface area contributed by atoms with Gasteiger partial charge in [-0.2, -0.15) is 0 Å². The lowest BCUT2D eigenvalue weighted by molar-refractivity contribution is 0.175. The van der Waals surface area contributed by atoms with Crippen LogP contribution in [0.3, 0.4) is 0 Å². The summed E-state index contributed by atoms with van der Waals surface area (Å²) in [7, 11) is 4.03. The molecule has 0 aromatic heterocycles. The van der Waals surface area contributed by atoms with Gasteiger partial charge in [-0.1, -0.05) is 0 Å². The van der Waals surface area contributed by atoms with Crippen molar-refractivity contribution in [2.75, 3.05) is 53.5 Å². The predicted molar refractivity (Wildman–Crippen MR) is 57.4 cm³/mol. The van der Waals surface area contributed by atoms with Crippen molar-refractivity contribution >= 4 is 0 Å². The van der Waals surface area contributed by atoms with E-state index in [1.165, 1.54) is 39.1 Å². The minimum absolute atomic E-state index is 0.908. The molecular weight excluding hydrogens is 176 g/mol. The second kappa shape index (κ2) is 4.60. The van der Waals surface area contributed by atoms with Crippen molar-refractivity contribution in [1.29, 1.82) is 0 Å². The molecular formula is C11H22N2O. The van der Waals surface area contributed by atoms with E-state index in [2.05, 4.69) is 16.8 Å². The number of nitrogens with zero attached hydrogens (tertiary/aromatic N) is 2. The summed E-state index contributed by atoms with van der Waals surface area (Å²) in [6.07, 6.45) is 1.19. The van der Waals surface area contributed by atoms with Gasteiger partial charge in [-0.15, -0.1) is 0 Å². The number of ether oxygens (including phenoxy) is 1. The van der Waals surface area contributed by atoms with Crippen LogP contribution in [-0.2, 0) is 4.74 Å². The molecule has 0 aliphatic carbocycles. The number of likely N-dealkylation sites (tertiary alicyclic amines) is 2. The molecule has 2 heterocycles. The Labute approximate surface area is 87.0 Å². The molecule has 0 amide bonds. The monoisotopic (exact) mass is 198 g/mol. The Bertz CT molecular complexity index is 172. The van der Waals surface area contributed by atoms with E-state index in [1.54, 1.807) is 7.11 Å². The van der Waals surface area contributed by atoms with E-state index >= 15 is 0 Å². The van der Waals surface area contributed by atoms with Gasteiger partial charge in [0, 0.05) is 46.4 Å². The van der Waals surface area contributed by atoms with E-state index in [-0.39, 0.29) is 0 Å². The van der Waals surface area contributed by atoms with Crippen LogP contribution in [0.25, 0.3) is 0 Å². The van der Waals surface area contributed by atoms with Crippen LogP contribution < -0.4 is 0 Å². The van der Waals surface area contributed by atoms with Gasteiger partial charge in [0.05, 0.1) is 0 Å². The topological polar surface area (TPSA) is 15.7 Å². The Balaban J connectivity index is 1.69. The zero-order valence-electron chi connectivity index (χ0n) is 9.41. The average molecular weight is 198 g/mol. The third-order valence-electron chi connectivity index (χ3n) is 3.57. The minimum Gasteiger partial charge on any atom is -0.385 e. The summed E-state index contributed by atoms with van der Waals surface area (Å²) >= 11 is 0. The number of fused-ring (bicyclic) bond motifs is 1. The molecule has 0 aromatic carbocycles. The standard InChI is InChI=1S/C11H22N2O/c1-12-6-10-8-13(4-3-5-14-2)9-11(10)7-12/h10-11H,3-9H2,1-2H3. The van der Waals surface area contributed by atoms with Gasteiger partial charge >= 0.3 is 0 Å². The molecule has 0 saturated carbocycles. The lowest BCUT2D eigenvalue weighted by atomic mass is 10.0. The molecule has 2 aliphatic heterocycles. The van der Waals surface area contributed by atoms with Crippen LogP contribution in [-0.4, -0.2) is 63.3 Å². The molecule has 0 bridgehead atoms. The predicted octanol–water partition coefficient (Wildman–Crippen LogP) is 0.516. The molecule has 2 saturated heterocycles. The minimum atomic E-state index is 0.908. The van der Waals surface area contributed by atoms with Crippen LogP contribution in [0, 0.1) is 11.8 Å². The molecule has 3 nitrogen and oxygen atoms in total. The first-order chi connectivity index (χ1) is 6.79. The van der Waals surface area contributed by atoms with E-state index in [1.807, 2.05) is 0 Å². The van der Waals surface area contributed by atoms with Gasteiger partial charge in [0.25, 0.3) is 0 Å². The van der Waals surface area contributed by atoms with E-state index < -0.39 is 0 Å². The molecule has 2 unspecified atom stereocenters. The summed E-state index contributed by atoms with van der Waals surface area (Å²) in [6, 6.07) is 0. The van der Waals surface area contributed by atoms with Gasteiger partial charge < -0.3 is 14.5 Å². The first-order valence-electron chi connectivity index (χ1n) is 5.69. The van der Waals surface area contributed by atoms with Crippen molar-refractivity contribution in [2.24, 2.45) is 11.8 Å². The highest BCUT2D eigenvalue weighted by Crippen LogP contribution is 2.29. The van der Waals surface area contributed by atoms with Crippen molar-refractivity contribution in [1.82, 2.24) is 9.80 Å². The Kier molecular flexibility index (Phi) is 3.42. The molecule has 2 aliphatic rings. The number of hydrogen-bond donors (Lipinski definition) is 0.